The maximum absolute atomic E-state index is 13.0. The molecule has 1 aromatic carbocycles. The molecule has 0 spiro atoms. The molecular formula is C11H15FN2O. The van der Waals surface area contributed by atoms with Gasteiger partial charge in [0.15, 0.2) is 0 Å². The lowest BCUT2D eigenvalue weighted by molar-refractivity contribution is -0.124. The highest BCUT2D eigenvalue weighted by Gasteiger charge is 2.32. The average molecular weight is 210 g/mol. The molecule has 1 atom stereocenters. The van der Waals surface area contributed by atoms with E-state index in [4.69, 9.17) is 5.73 Å². The number of rotatable bonds is 4. The maximum atomic E-state index is 13.0. The molecular weight excluding hydrogens is 195 g/mol. The van der Waals surface area contributed by atoms with Gasteiger partial charge in [-0.2, -0.15) is 0 Å². The number of hydrogen-bond donors (Lipinski definition) is 2. The molecule has 4 heteroatoms. The zero-order valence-electron chi connectivity index (χ0n) is 8.88. The highest BCUT2D eigenvalue weighted by molar-refractivity contribution is 5.85. The standard InChI is InChI=1S/C11H15FN2O/c1-3-14-11(2,10(13)15)8-5-4-6-9(12)7-8/h4-7,14H,3H2,1-2H3,(H2,13,15). The largest absolute Gasteiger partial charge is 0.368 e. The Labute approximate surface area is 88.5 Å². The number of amides is 1. The monoisotopic (exact) mass is 210 g/mol. The first kappa shape index (κ1) is 11.7. The molecule has 0 saturated carbocycles. The smallest absolute Gasteiger partial charge is 0.242 e. The summed E-state index contributed by atoms with van der Waals surface area (Å²) in [5, 5.41) is 2.96. The summed E-state index contributed by atoms with van der Waals surface area (Å²) in [7, 11) is 0. The van der Waals surface area contributed by atoms with Gasteiger partial charge in [-0.25, -0.2) is 4.39 Å². The van der Waals surface area contributed by atoms with E-state index >= 15 is 0 Å². The van der Waals surface area contributed by atoms with Gasteiger partial charge < -0.3 is 11.1 Å². The van der Waals surface area contributed by atoms with Crippen molar-refractivity contribution in [2.45, 2.75) is 19.4 Å². The molecule has 0 aromatic heterocycles. The Bertz CT molecular complexity index is 367. The van der Waals surface area contributed by atoms with Gasteiger partial charge in [0.1, 0.15) is 11.4 Å². The summed E-state index contributed by atoms with van der Waals surface area (Å²) in [5.41, 5.74) is 4.84. The van der Waals surface area contributed by atoms with Crippen LogP contribution in [-0.4, -0.2) is 12.5 Å². The van der Waals surface area contributed by atoms with Crippen molar-refractivity contribution in [3.63, 3.8) is 0 Å². The van der Waals surface area contributed by atoms with Crippen molar-refractivity contribution >= 4 is 5.91 Å². The molecule has 15 heavy (non-hydrogen) atoms. The lowest BCUT2D eigenvalue weighted by Gasteiger charge is -2.27. The topological polar surface area (TPSA) is 55.1 Å². The third-order valence-corrected chi connectivity index (χ3v) is 2.43. The van der Waals surface area contributed by atoms with E-state index in [0.717, 1.165) is 0 Å². The highest BCUT2D eigenvalue weighted by atomic mass is 19.1. The first-order chi connectivity index (χ1) is 7.00. The minimum atomic E-state index is -1.02. The SMILES string of the molecule is CCNC(C)(C(N)=O)c1cccc(F)c1. The van der Waals surface area contributed by atoms with E-state index < -0.39 is 11.4 Å². The Hall–Kier alpha value is -1.42. The van der Waals surface area contributed by atoms with Gasteiger partial charge in [-0.3, -0.25) is 4.79 Å². The minimum Gasteiger partial charge on any atom is -0.368 e. The quantitative estimate of drug-likeness (QED) is 0.782. The van der Waals surface area contributed by atoms with Crippen molar-refractivity contribution in [1.82, 2.24) is 5.32 Å². The predicted molar refractivity (Wildman–Crippen MR) is 56.6 cm³/mol. The van der Waals surface area contributed by atoms with Crippen LogP contribution < -0.4 is 11.1 Å². The van der Waals surface area contributed by atoms with Crippen LogP contribution in [0.5, 0.6) is 0 Å². The second-order valence-electron chi connectivity index (χ2n) is 3.53. The van der Waals surface area contributed by atoms with Crippen LogP contribution >= 0.6 is 0 Å². The van der Waals surface area contributed by atoms with Crippen LogP contribution in [0.3, 0.4) is 0 Å². The van der Waals surface area contributed by atoms with Crippen molar-refractivity contribution in [3.8, 4) is 0 Å². The molecule has 0 saturated heterocycles. The molecule has 0 fully saturated rings. The first-order valence-electron chi connectivity index (χ1n) is 4.81. The number of hydrogen-bond acceptors (Lipinski definition) is 2. The fourth-order valence-electron chi connectivity index (χ4n) is 1.48. The van der Waals surface area contributed by atoms with Gasteiger partial charge in [0.05, 0.1) is 0 Å². The molecule has 1 amide bonds. The highest BCUT2D eigenvalue weighted by Crippen LogP contribution is 2.20. The third kappa shape index (κ3) is 2.33. The van der Waals surface area contributed by atoms with Crippen molar-refractivity contribution in [3.05, 3.63) is 35.6 Å². The lowest BCUT2D eigenvalue weighted by atomic mass is 9.91. The first-order valence-corrected chi connectivity index (χ1v) is 4.81. The number of nitrogens with one attached hydrogen (secondary N) is 1. The Balaban J connectivity index is 3.15. The molecule has 1 unspecified atom stereocenters. The van der Waals surface area contributed by atoms with E-state index in [2.05, 4.69) is 5.32 Å². The van der Waals surface area contributed by atoms with Crippen molar-refractivity contribution in [1.29, 1.82) is 0 Å². The molecule has 0 aliphatic rings. The van der Waals surface area contributed by atoms with Crippen LogP contribution in [0, 0.1) is 5.82 Å². The zero-order valence-corrected chi connectivity index (χ0v) is 8.88. The summed E-state index contributed by atoms with van der Waals surface area (Å²) in [6.07, 6.45) is 0. The van der Waals surface area contributed by atoms with E-state index in [0.29, 0.717) is 12.1 Å². The normalized spacial score (nSPS) is 14.6. The van der Waals surface area contributed by atoms with Gasteiger partial charge in [0, 0.05) is 0 Å². The lowest BCUT2D eigenvalue weighted by Crippen LogP contribution is -2.50. The molecule has 0 radical (unpaired) electrons. The van der Waals surface area contributed by atoms with Gasteiger partial charge in [0.25, 0.3) is 0 Å². The number of benzene rings is 1. The summed E-state index contributed by atoms with van der Waals surface area (Å²) in [6, 6.07) is 5.88. The summed E-state index contributed by atoms with van der Waals surface area (Å²) in [5.74, 6) is -0.896. The number of carbonyl (C=O) groups is 1. The van der Waals surface area contributed by atoms with Crippen molar-refractivity contribution in [2.24, 2.45) is 5.73 Å². The summed E-state index contributed by atoms with van der Waals surface area (Å²) in [4.78, 5) is 11.4. The van der Waals surface area contributed by atoms with E-state index in [9.17, 15) is 9.18 Å². The zero-order chi connectivity index (χ0) is 11.5. The predicted octanol–water partition coefficient (Wildman–Crippen LogP) is 1.14. The number of primary amides is 1. The molecule has 3 N–H and O–H groups in total. The fourth-order valence-corrected chi connectivity index (χ4v) is 1.48. The summed E-state index contributed by atoms with van der Waals surface area (Å²) >= 11 is 0. The molecule has 0 bridgehead atoms. The Morgan fingerprint density at radius 3 is 2.73 bits per heavy atom. The Kier molecular flexibility index (Phi) is 3.42. The van der Waals surface area contributed by atoms with E-state index in [-0.39, 0.29) is 5.82 Å². The van der Waals surface area contributed by atoms with Gasteiger partial charge >= 0.3 is 0 Å². The summed E-state index contributed by atoms with van der Waals surface area (Å²) < 4.78 is 13.0. The van der Waals surface area contributed by atoms with Crippen LogP contribution in [0.4, 0.5) is 4.39 Å². The van der Waals surface area contributed by atoms with Crippen LogP contribution in [0.2, 0.25) is 0 Å². The maximum Gasteiger partial charge on any atom is 0.242 e. The second-order valence-corrected chi connectivity index (χ2v) is 3.53. The van der Waals surface area contributed by atoms with E-state index in [1.807, 2.05) is 6.92 Å². The number of halogens is 1. The average Bonchev–Trinajstić information content (AvgIpc) is 2.17. The molecule has 0 aliphatic heterocycles. The van der Waals surface area contributed by atoms with Crippen LogP contribution in [0.15, 0.2) is 24.3 Å². The van der Waals surface area contributed by atoms with Gasteiger partial charge in [-0.05, 0) is 31.2 Å². The molecule has 0 aliphatic carbocycles. The second kappa shape index (κ2) is 4.40. The van der Waals surface area contributed by atoms with Crippen LogP contribution in [0.1, 0.15) is 19.4 Å². The van der Waals surface area contributed by atoms with Crippen molar-refractivity contribution < 1.29 is 9.18 Å². The van der Waals surface area contributed by atoms with Crippen molar-refractivity contribution in [2.75, 3.05) is 6.54 Å². The minimum absolute atomic E-state index is 0.377. The van der Waals surface area contributed by atoms with Gasteiger partial charge in [-0.15, -0.1) is 0 Å². The molecule has 82 valence electrons. The van der Waals surface area contributed by atoms with Crippen LogP contribution in [-0.2, 0) is 10.3 Å². The molecule has 1 rings (SSSR count). The summed E-state index contributed by atoms with van der Waals surface area (Å²) in [6.45, 7) is 4.09. The van der Waals surface area contributed by atoms with Gasteiger partial charge in [0.2, 0.25) is 5.91 Å². The third-order valence-electron chi connectivity index (χ3n) is 2.43. The van der Waals surface area contributed by atoms with E-state index in [1.165, 1.54) is 12.1 Å². The van der Waals surface area contributed by atoms with Gasteiger partial charge in [-0.1, -0.05) is 19.1 Å². The van der Waals surface area contributed by atoms with E-state index in [1.54, 1.807) is 19.1 Å². The fraction of sp³-hybridized carbons (Fsp3) is 0.364. The van der Waals surface area contributed by atoms with Crippen LogP contribution in [0.25, 0.3) is 0 Å². The number of nitrogens with two attached hydrogens (primary N) is 1. The molecule has 1 aromatic rings. The Morgan fingerprint density at radius 1 is 1.60 bits per heavy atom. The number of carbonyl (C=O) groups excluding carboxylic acids is 1. The number of likely N-dealkylation sites (N-methyl/N-ethyl adjacent to an activating group) is 1. The molecule has 3 nitrogen and oxygen atoms in total. The Morgan fingerprint density at radius 2 is 2.27 bits per heavy atom. The molecule has 0 heterocycles.